The van der Waals surface area contributed by atoms with Crippen LogP contribution in [0.1, 0.15) is 41.1 Å². The minimum atomic E-state index is -0.430. The Morgan fingerprint density at radius 3 is 2.20 bits per heavy atom. The Labute approximate surface area is 206 Å². The van der Waals surface area contributed by atoms with E-state index in [2.05, 4.69) is 21.6 Å². The third-order valence-corrected chi connectivity index (χ3v) is 6.50. The summed E-state index contributed by atoms with van der Waals surface area (Å²) in [6, 6.07) is 21.5. The van der Waals surface area contributed by atoms with E-state index in [4.69, 9.17) is 0 Å². The lowest BCUT2D eigenvalue weighted by Crippen LogP contribution is -2.45. The van der Waals surface area contributed by atoms with E-state index in [0.717, 1.165) is 27.9 Å². The fraction of sp³-hybridized carbons (Fsp3) is 0.310. The van der Waals surface area contributed by atoms with Crippen LogP contribution in [0.4, 0.5) is 10.1 Å². The highest BCUT2D eigenvalue weighted by Gasteiger charge is 2.33. The summed E-state index contributed by atoms with van der Waals surface area (Å²) in [6.45, 7) is 5.71. The van der Waals surface area contributed by atoms with Crippen LogP contribution in [0.5, 0.6) is 0 Å². The summed E-state index contributed by atoms with van der Waals surface area (Å²) in [6.07, 6.45) is 1.35. The predicted octanol–water partition coefficient (Wildman–Crippen LogP) is 5.15. The molecule has 1 unspecified atom stereocenters. The molecule has 1 atom stereocenters. The van der Waals surface area contributed by atoms with Gasteiger partial charge in [-0.15, -0.1) is 0 Å². The zero-order valence-electron chi connectivity index (χ0n) is 20.3. The lowest BCUT2D eigenvalue weighted by atomic mass is 9.93. The number of hydrogen-bond acceptors (Lipinski definition) is 3. The molecule has 1 aliphatic rings. The van der Waals surface area contributed by atoms with Gasteiger partial charge in [0.25, 0.3) is 0 Å². The molecule has 0 saturated carbocycles. The van der Waals surface area contributed by atoms with Crippen molar-refractivity contribution in [3.8, 4) is 0 Å². The molecule has 5 nitrogen and oxygen atoms in total. The van der Waals surface area contributed by atoms with Crippen molar-refractivity contribution in [1.29, 1.82) is 0 Å². The summed E-state index contributed by atoms with van der Waals surface area (Å²) in [7, 11) is 0. The third-order valence-electron chi connectivity index (χ3n) is 6.50. The average Bonchev–Trinajstić information content (AvgIpc) is 2.84. The average molecular weight is 474 g/mol. The van der Waals surface area contributed by atoms with E-state index in [1.807, 2.05) is 56.3 Å². The van der Waals surface area contributed by atoms with Gasteiger partial charge in [0, 0.05) is 18.2 Å². The number of benzene rings is 3. The fourth-order valence-corrected chi connectivity index (χ4v) is 4.78. The minimum absolute atomic E-state index is 0.00456. The number of rotatable bonds is 7. The number of aryl methyl sites for hydroxylation is 2. The molecule has 6 heteroatoms. The van der Waals surface area contributed by atoms with Crippen LogP contribution in [0.25, 0.3) is 0 Å². The second-order valence-electron chi connectivity index (χ2n) is 9.33. The number of likely N-dealkylation sites (tertiary alicyclic amines) is 1. The van der Waals surface area contributed by atoms with Gasteiger partial charge in [0.2, 0.25) is 11.8 Å². The molecule has 0 aromatic heterocycles. The van der Waals surface area contributed by atoms with Crippen molar-refractivity contribution >= 4 is 17.5 Å². The zero-order chi connectivity index (χ0) is 24.8. The molecule has 2 N–H and O–H groups in total. The molecule has 1 heterocycles. The highest BCUT2D eigenvalue weighted by molar-refractivity contribution is 5.95. The van der Waals surface area contributed by atoms with Crippen LogP contribution >= 0.6 is 0 Å². The van der Waals surface area contributed by atoms with Crippen LogP contribution in [-0.2, 0) is 16.1 Å². The Hall–Kier alpha value is -3.51. The summed E-state index contributed by atoms with van der Waals surface area (Å²) < 4.78 is 13.1. The predicted molar refractivity (Wildman–Crippen MR) is 136 cm³/mol. The topological polar surface area (TPSA) is 61.4 Å². The maximum absolute atomic E-state index is 13.5. The van der Waals surface area contributed by atoms with E-state index in [-0.39, 0.29) is 23.5 Å². The van der Waals surface area contributed by atoms with E-state index in [9.17, 15) is 14.0 Å². The van der Waals surface area contributed by atoms with Crippen molar-refractivity contribution in [2.24, 2.45) is 5.92 Å². The van der Waals surface area contributed by atoms with E-state index in [0.29, 0.717) is 32.5 Å². The third kappa shape index (κ3) is 6.55. The van der Waals surface area contributed by atoms with Gasteiger partial charge in [-0.25, -0.2) is 4.39 Å². The number of amides is 2. The highest BCUT2D eigenvalue weighted by Crippen LogP contribution is 2.29. The summed E-state index contributed by atoms with van der Waals surface area (Å²) >= 11 is 0. The Morgan fingerprint density at radius 1 is 0.943 bits per heavy atom. The van der Waals surface area contributed by atoms with Crippen molar-refractivity contribution in [3.05, 3.63) is 101 Å². The van der Waals surface area contributed by atoms with E-state index in [1.54, 1.807) is 12.1 Å². The first-order valence-electron chi connectivity index (χ1n) is 12.1. The van der Waals surface area contributed by atoms with Gasteiger partial charge in [0.1, 0.15) is 11.9 Å². The normalized spacial score (nSPS) is 15.4. The summed E-state index contributed by atoms with van der Waals surface area (Å²) in [4.78, 5) is 28.4. The minimum Gasteiger partial charge on any atom is -0.352 e. The quantitative estimate of drug-likeness (QED) is 0.499. The van der Waals surface area contributed by atoms with Crippen LogP contribution in [0.3, 0.4) is 0 Å². The first-order valence-corrected chi connectivity index (χ1v) is 12.1. The molecular formula is C29H32FN3O2. The molecule has 182 valence electrons. The number of nitrogens with zero attached hydrogens (tertiary/aromatic N) is 1. The van der Waals surface area contributed by atoms with Crippen LogP contribution in [0.2, 0.25) is 0 Å². The molecule has 0 aliphatic carbocycles. The molecule has 0 spiro atoms. The van der Waals surface area contributed by atoms with Gasteiger partial charge in [-0.1, -0.05) is 48.5 Å². The standard InChI is InChI=1S/C29H32FN3O2/c1-20-16-21(2)18-26(17-20)32-29(35)27(23-6-4-3-5-7-23)33-14-12-24(13-15-33)28(34)31-19-22-8-10-25(30)11-9-22/h3-11,16-18,24,27H,12-15,19H2,1-2H3,(H,31,34)(H,32,35). The molecule has 3 aromatic carbocycles. The van der Waals surface area contributed by atoms with Crippen molar-refractivity contribution < 1.29 is 14.0 Å². The Balaban J connectivity index is 1.40. The Kier molecular flexibility index (Phi) is 7.93. The van der Waals surface area contributed by atoms with Crippen LogP contribution < -0.4 is 10.6 Å². The molecule has 1 fully saturated rings. The number of nitrogens with one attached hydrogen (secondary N) is 2. The second kappa shape index (κ2) is 11.3. The van der Waals surface area contributed by atoms with Crippen LogP contribution in [-0.4, -0.2) is 29.8 Å². The monoisotopic (exact) mass is 473 g/mol. The Morgan fingerprint density at radius 2 is 1.57 bits per heavy atom. The van der Waals surface area contributed by atoms with E-state index < -0.39 is 6.04 Å². The number of carbonyl (C=O) groups is 2. The highest BCUT2D eigenvalue weighted by atomic mass is 19.1. The van der Waals surface area contributed by atoms with Gasteiger partial charge < -0.3 is 10.6 Å². The number of piperidine rings is 1. The molecule has 35 heavy (non-hydrogen) atoms. The molecule has 1 aliphatic heterocycles. The summed E-state index contributed by atoms with van der Waals surface area (Å²) in [5.74, 6) is -0.460. The lowest BCUT2D eigenvalue weighted by Gasteiger charge is -2.36. The van der Waals surface area contributed by atoms with Crippen molar-refractivity contribution in [2.45, 2.75) is 39.3 Å². The number of halogens is 1. The molecule has 0 bridgehead atoms. The Bertz CT molecular complexity index is 1140. The van der Waals surface area contributed by atoms with E-state index in [1.165, 1.54) is 12.1 Å². The van der Waals surface area contributed by atoms with Gasteiger partial charge in [0.15, 0.2) is 0 Å². The molecular weight excluding hydrogens is 441 g/mol. The molecule has 4 rings (SSSR count). The zero-order valence-corrected chi connectivity index (χ0v) is 20.3. The fourth-order valence-electron chi connectivity index (χ4n) is 4.78. The smallest absolute Gasteiger partial charge is 0.246 e. The van der Waals surface area contributed by atoms with Gasteiger partial charge in [0.05, 0.1) is 0 Å². The van der Waals surface area contributed by atoms with Crippen molar-refractivity contribution in [3.63, 3.8) is 0 Å². The van der Waals surface area contributed by atoms with Gasteiger partial charge in [-0.2, -0.15) is 0 Å². The lowest BCUT2D eigenvalue weighted by molar-refractivity contribution is -0.127. The molecule has 2 amide bonds. The largest absolute Gasteiger partial charge is 0.352 e. The summed E-state index contributed by atoms with van der Waals surface area (Å²) in [5, 5.41) is 6.08. The van der Waals surface area contributed by atoms with Gasteiger partial charge in [-0.3, -0.25) is 14.5 Å². The maximum atomic E-state index is 13.5. The molecule has 0 radical (unpaired) electrons. The number of carbonyl (C=O) groups excluding carboxylic acids is 2. The maximum Gasteiger partial charge on any atom is 0.246 e. The summed E-state index contributed by atoms with van der Waals surface area (Å²) in [5.41, 5.74) is 4.80. The first-order chi connectivity index (χ1) is 16.9. The van der Waals surface area contributed by atoms with Gasteiger partial charge >= 0.3 is 0 Å². The van der Waals surface area contributed by atoms with Crippen LogP contribution in [0.15, 0.2) is 72.8 Å². The van der Waals surface area contributed by atoms with E-state index >= 15 is 0 Å². The molecule has 3 aromatic rings. The first kappa shape index (κ1) is 24.6. The molecule has 1 saturated heterocycles. The van der Waals surface area contributed by atoms with Crippen LogP contribution in [0, 0.1) is 25.6 Å². The van der Waals surface area contributed by atoms with Crippen molar-refractivity contribution in [1.82, 2.24) is 10.2 Å². The second-order valence-corrected chi connectivity index (χ2v) is 9.33. The SMILES string of the molecule is Cc1cc(C)cc(NC(=O)C(c2ccccc2)N2CCC(C(=O)NCc3ccc(F)cc3)CC2)c1. The number of hydrogen-bond donors (Lipinski definition) is 2. The number of anilines is 1. The van der Waals surface area contributed by atoms with Crippen molar-refractivity contribution in [2.75, 3.05) is 18.4 Å². The van der Waals surface area contributed by atoms with Gasteiger partial charge in [-0.05, 0) is 86.3 Å².